The zero-order valence-corrected chi connectivity index (χ0v) is 7.04. The maximum atomic E-state index is 13.2. The van der Waals surface area contributed by atoms with Crippen LogP contribution in [0.2, 0.25) is 0 Å². The second-order valence-corrected chi connectivity index (χ2v) is 2.48. The molecule has 72 valence electrons. The Balaban J connectivity index is 3.27. The highest BCUT2D eigenvalue weighted by Crippen LogP contribution is 2.16. The van der Waals surface area contributed by atoms with Crippen LogP contribution in [-0.2, 0) is 4.79 Å². The monoisotopic (exact) mass is 196 g/mol. The summed E-state index contributed by atoms with van der Waals surface area (Å²) in [6.45, 7) is 0. The van der Waals surface area contributed by atoms with Crippen molar-refractivity contribution in [2.45, 2.75) is 0 Å². The van der Waals surface area contributed by atoms with Crippen LogP contribution < -0.4 is 0 Å². The van der Waals surface area contributed by atoms with Crippen LogP contribution in [-0.4, -0.2) is 12.6 Å². The maximum absolute atomic E-state index is 13.2. The van der Waals surface area contributed by atoms with Crippen LogP contribution in [0.15, 0.2) is 18.2 Å². The van der Waals surface area contributed by atoms with E-state index in [2.05, 4.69) is 0 Å². The standard InChI is InChI=1S/C10H6F2O2/c11-9-4-3-7(2-1-5-13)10(12)8(9)6-14/h1-6H. The first-order valence-electron chi connectivity index (χ1n) is 3.75. The first kappa shape index (κ1) is 10.2. The van der Waals surface area contributed by atoms with Crippen molar-refractivity contribution in [1.82, 2.24) is 0 Å². The van der Waals surface area contributed by atoms with Gasteiger partial charge in [-0.1, -0.05) is 0 Å². The van der Waals surface area contributed by atoms with Gasteiger partial charge in [0.25, 0.3) is 0 Å². The smallest absolute Gasteiger partial charge is 0.155 e. The molecule has 0 unspecified atom stereocenters. The summed E-state index contributed by atoms with van der Waals surface area (Å²) in [5.41, 5.74) is -0.626. The zero-order chi connectivity index (χ0) is 10.6. The van der Waals surface area contributed by atoms with Crippen molar-refractivity contribution in [2.75, 3.05) is 0 Å². The van der Waals surface area contributed by atoms with E-state index in [1.54, 1.807) is 0 Å². The zero-order valence-electron chi connectivity index (χ0n) is 7.04. The van der Waals surface area contributed by atoms with E-state index in [1.807, 2.05) is 0 Å². The Bertz CT molecular complexity index is 397. The summed E-state index contributed by atoms with van der Waals surface area (Å²) < 4.78 is 26.0. The number of carbonyl (C=O) groups excluding carboxylic acids is 2. The van der Waals surface area contributed by atoms with Crippen LogP contribution in [0.1, 0.15) is 15.9 Å². The van der Waals surface area contributed by atoms with Gasteiger partial charge in [-0.3, -0.25) is 9.59 Å². The van der Waals surface area contributed by atoms with E-state index >= 15 is 0 Å². The van der Waals surface area contributed by atoms with Crippen LogP contribution >= 0.6 is 0 Å². The predicted molar refractivity (Wildman–Crippen MR) is 46.8 cm³/mol. The van der Waals surface area contributed by atoms with Crippen LogP contribution in [0.3, 0.4) is 0 Å². The van der Waals surface area contributed by atoms with E-state index in [4.69, 9.17) is 0 Å². The van der Waals surface area contributed by atoms with Gasteiger partial charge in [0.1, 0.15) is 17.9 Å². The summed E-state index contributed by atoms with van der Waals surface area (Å²) in [7, 11) is 0. The quantitative estimate of drug-likeness (QED) is 0.547. The molecule has 2 nitrogen and oxygen atoms in total. The molecule has 0 heterocycles. The third-order valence-electron chi connectivity index (χ3n) is 1.63. The fraction of sp³-hybridized carbons (Fsp3) is 0. The fourth-order valence-corrected chi connectivity index (χ4v) is 0.966. The summed E-state index contributed by atoms with van der Waals surface area (Å²) in [4.78, 5) is 20.3. The Hall–Kier alpha value is -1.84. The van der Waals surface area contributed by atoms with E-state index in [1.165, 1.54) is 0 Å². The van der Waals surface area contributed by atoms with Crippen molar-refractivity contribution in [3.05, 3.63) is 41.0 Å². The Morgan fingerprint density at radius 1 is 1.14 bits per heavy atom. The fourth-order valence-electron chi connectivity index (χ4n) is 0.966. The van der Waals surface area contributed by atoms with Gasteiger partial charge in [-0.2, -0.15) is 0 Å². The Labute approximate surface area is 78.9 Å². The van der Waals surface area contributed by atoms with Crippen molar-refractivity contribution in [3.8, 4) is 0 Å². The van der Waals surface area contributed by atoms with Crippen LogP contribution in [0.5, 0.6) is 0 Å². The average Bonchev–Trinajstić information content (AvgIpc) is 2.18. The number of halogens is 2. The molecule has 0 N–H and O–H groups in total. The molecule has 0 saturated heterocycles. The molecule has 0 atom stereocenters. The lowest BCUT2D eigenvalue weighted by molar-refractivity contribution is -0.104. The van der Waals surface area contributed by atoms with E-state index < -0.39 is 17.2 Å². The van der Waals surface area contributed by atoms with E-state index in [-0.39, 0.29) is 11.8 Å². The largest absolute Gasteiger partial charge is 0.299 e. The van der Waals surface area contributed by atoms with Gasteiger partial charge in [0, 0.05) is 5.56 Å². The van der Waals surface area contributed by atoms with Crippen LogP contribution in [0, 0.1) is 11.6 Å². The van der Waals surface area contributed by atoms with Crippen molar-refractivity contribution in [1.29, 1.82) is 0 Å². The average molecular weight is 196 g/mol. The summed E-state index contributed by atoms with van der Waals surface area (Å²) >= 11 is 0. The molecule has 0 aliphatic heterocycles. The third-order valence-corrected chi connectivity index (χ3v) is 1.63. The summed E-state index contributed by atoms with van der Waals surface area (Å²) in [5.74, 6) is -1.88. The summed E-state index contributed by atoms with van der Waals surface area (Å²) in [6, 6.07) is 2.12. The van der Waals surface area contributed by atoms with Crippen molar-refractivity contribution in [3.63, 3.8) is 0 Å². The molecule has 0 aliphatic rings. The van der Waals surface area contributed by atoms with Crippen LogP contribution in [0.25, 0.3) is 6.08 Å². The Morgan fingerprint density at radius 2 is 1.86 bits per heavy atom. The Kier molecular flexibility index (Phi) is 3.23. The minimum Gasteiger partial charge on any atom is -0.299 e. The summed E-state index contributed by atoms with van der Waals surface area (Å²) in [6.07, 6.45) is 2.78. The van der Waals surface area contributed by atoms with Crippen molar-refractivity contribution >= 4 is 18.6 Å². The van der Waals surface area contributed by atoms with Crippen LogP contribution in [0.4, 0.5) is 8.78 Å². The molecule has 1 aromatic carbocycles. The molecule has 1 rings (SSSR count). The molecule has 0 saturated carbocycles. The number of aldehydes is 2. The first-order chi connectivity index (χ1) is 6.70. The molecular weight excluding hydrogens is 190 g/mol. The van der Waals surface area contributed by atoms with Gasteiger partial charge in [0.2, 0.25) is 0 Å². The highest BCUT2D eigenvalue weighted by atomic mass is 19.1. The van der Waals surface area contributed by atoms with Gasteiger partial charge in [-0.05, 0) is 24.3 Å². The molecule has 0 spiro atoms. The number of allylic oxidation sites excluding steroid dienone is 1. The highest BCUT2D eigenvalue weighted by Gasteiger charge is 2.10. The number of benzene rings is 1. The highest BCUT2D eigenvalue weighted by molar-refractivity contribution is 5.79. The van der Waals surface area contributed by atoms with E-state index in [9.17, 15) is 18.4 Å². The molecule has 0 radical (unpaired) electrons. The number of carbonyl (C=O) groups is 2. The molecule has 1 aromatic rings. The minimum absolute atomic E-state index is 0.000556. The second-order valence-electron chi connectivity index (χ2n) is 2.48. The predicted octanol–water partition coefficient (Wildman–Crippen LogP) is 1.99. The molecular formula is C10H6F2O2. The van der Waals surface area contributed by atoms with Gasteiger partial charge in [0.05, 0.1) is 5.56 Å². The number of hydrogen-bond acceptors (Lipinski definition) is 2. The normalized spacial score (nSPS) is 10.4. The van der Waals surface area contributed by atoms with Gasteiger partial charge < -0.3 is 0 Å². The third kappa shape index (κ3) is 1.90. The van der Waals surface area contributed by atoms with Crippen molar-refractivity contribution in [2.24, 2.45) is 0 Å². The molecule has 0 amide bonds. The number of rotatable bonds is 3. The number of hydrogen-bond donors (Lipinski definition) is 0. The SMILES string of the molecule is O=CC=Cc1ccc(F)c(C=O)c1F. The molecule has 0 aromatic heterocycles. The van der Waals surface area contributed by atoms with Gasteiger partial charge in [-0.25, -0.2) is 8.78 Å². The van der Waals surface area contributed by atoms with Gasteiger partial charge >= 0.3 is 0 Å². The lowest BCUT2D eigenvalue weighted by Gasteiger charge is -2.00. The van der Waals surface area contributed by atoms with E-state index in [0.29, 0.717) is 6.29 Å². The lowest BCUT2D eigenvalue weighted by Crippen LogP contribution is -1.95. The maximum Gasteiger partial charge on any atom is 0.155 e. The Morgan fingerprint density at radius 3 is 2.43 bits per heavy atom. The molecule has 0 aliphatic carbocycles. The van der Waals surface area contributed by atoms with Crippen molar-refractivity contribution < 1.29 is 18.4 Å². The second kappa shape index (κ2) is 4.41. The van der Waals surface area contributed by atoms with E-state index in [0.717, 1.165) is 24.3 Å². The molecule has 4 heteroatoms. The summed E-state index contributed by atoms with van der Waals surface area (Å²) in [5, 5.41) is 0. The molecule has 0 bridgehead atoms. The first-order valence-corrected chi connectivity index (χ1v) is 3.75. The lowest BCUT2D eigenvalue weighted by atomic mass is 10.1. The van der Waals surface area contributed by atoms with Gasteiger partial charge in [0.15, 0.2) is 6.29 Å². The van der Waals surface area contributed by atoms with Gasteiger partial charge in [-0.15, -0.1) is 0 Å². The molecule has 0 fully saturated rings. The minimum atomic E-state index is -0.960. The topological polar surface area (TPSA) is 34.1 Å². The molecule has 14 heavy (non-hydrogen) atoms.